The molecule has 3 aromatic rings. The minimum Gasteiger partial charge on any atom is -0.496 e. The number of aryl methyl sites for hydroxylation is 1. The number of para-hydroxylation sites is 1. The number of imidazole rings is 1. The second-order valence-electron chi connectivity index (χ2n) is 7.12. The second kappa shape index (κ2) is 6.70. The maximum atomic E-state index is 13.1. The van der Waals surface area contributed by atoms with E-state index in [1.165, 1.54) is 0 Å². The van der Waals surface area contributed by atoms with Crippen molar-refractivity contribution in [3.05, 3.63) is 59.4 Å². The molecule has 0 bridgehead atoms. The molecule has 0 radical (unpaired) electrons. The van der Waals surface area contributed by atoms with Crippen molar-refractivity contribution in [1.29, 1.82) is 0 Å². The number of H-pyrrole nitrogens is 1. The highest BCUT2D eigenvalue weighted by Gasteiger charge is 2.38. The first kappa shape index (κ1) is 17.5. The Hall–Kier alpha value is -2.86. The minimum atomic E-state index is -1.12. The standard InChI is InChI=1S/C21H23N3O3/c1-14-22-17-9-8-15(12-18(17)23-14)20(25)24-11-5-10-21(26,13-24)16-6-3-4-7-19(16)27-2/h3-4,6-9,12,26H,5,10-11,13H2,1-2H3,(H,22,23). The molecule has 1 aromatic heterocycles. The van der Waals surface area contributed by atoms with E-state index in [1.807, 2.05) is 43.3 Å². The van der Waals surface area contributed by atoms with Gasteiger partial charge in [-0.25, -0.2) is 4.98 Å². The molecular formula is C21H23N3O3. The van der Waals surface area contributed by atoms with Crippen LogP contribution in [0.15, 0.2) is 42.5 Å². The number of ether oxygens (including phenoxy) is 1. The summed E-state index contributed by atoms with van der Waals surface area (Å²) in [5, 5.41) is 11.3. The highest BCUT2D eigenvalue weighted by atomic mass is 16.5. The normalized spacial score (nSPS) is 20.0. The molecule has 0 aliphatic carbocycles. The lowest BCUT2D eigenvalue weighted by Crippen LogP contribution is -2.48. The number of carbonyl (C=O) groups excluding carboxylic acids is 1. The summed E-state index contributed by atoms with van der Waals surface area (Å²) >= 11 is 0. The second-order valence-corrected chi connectivity index (χ2v) is 7.12. The van der Waals surface area contributed by atoms with Gasteiger partial charge in [0.25, 0.3) is 5.91 Å². The first-order valence-electron chi connectivity index (χ1n) is 9.12. The van der Waals surface area contributed by atoms with Gasteiger partial charge in [0.2, 0.25) is 0 Å². The van der Waals surface area contributed by atoms with E-state index in [1.54, 1.807) is 18.1 Å². The average molecular weight is 365 g/mol. The summed E-state index contributed by atoms with van der Waals surface area (Å²) in [4.78, 5) is 22.3. The Bertz CT molecular complexity index is 997. The number of rotatable bonds is 3. The van der Waals surface area contributed by atoms with Gasteiger partial charge < -0.3 is 19.7 Å². The van der Waals surface area contributed by atoms with E-state index in [4.69, 9.17) is 4.74 Å². The SMILES string of the molecule is COc1ccccc1C1(O)CCCN(C(=O)c2ccc3nc(C)[nH]c3c2)C1. The summed E-state index contributed by atoms with van der Waals surface area (Å²) in [6.07, 6.45) is 1.32. The number of carbonyl (C=O) groups is 1. The Kier molecular flexibility index (Phi) is 4.36. The summed E-state index contributed by atoms with van der Waals surface area (Å²) in [6, 6.07) is 12.9. The van der Waals surface area contributed by atoms with Gasteiger partial charge in [0.15, 0.2) is 0 Å². The van der Waals surface area contributed by atoms with Gasteiger partial charge in [-0.1, -0.05) is 18.2 Å². The van der Waals surface area contributed by atoms with Gasteiger partial charge >= 0.3 is 0 Å². The van der Waals surface area contributed by atoms with Gasteiger partial charge in [-0.15, -0.1) is 0 Å². The van der Waals surface area contributed by atoms with Crippen molar-refractivity contribution in [1.82, 2.24) is 14.9 Å². The fraction of sp³-hybridized carbons (Fsp3) is 0.333. The lowest BCUT2D eigenvalue weighted by atomic mass is 9.85. The third-order valence-corrected chi connectivity index (χ3v) is 5.21. The van der Waals surface area contributed by atoms with E-state index < -0.39 is 5.60 Å². The highest BCUT2D eigenvalue weighted by Crippen LogP contribution is 2.37. The molecule has 6 heteroatoms. The Morgan fingerprint density at radius 2 is 2.11 bits per heavy atom. The topological polar surface area (TPSA) is 78.5 Å². The summed E-state index contributed by atoms with van der Waals surface area (Å²) in [7, 11) is 1.59. The van der Waals surface area contributed by atoms with Crippen LogP contribution in [0.3, 0.4) is 0 Å². The molecule has 1 amide bonds. The molecule has 1 aliphatic rings. The Balaban J connectivity index is 1.62. The number of hydrogen-bond donors (Lipinski definition) is 2. The zero-order valence-electron chi connectivity index (χ0n) is 15.5. The Morgan fingerprint density at radius 3 is 2.93 bits per heavy atom. The molecule has 0 saturated carbocycles. The van der Waals surface area contributed by atoms with E-state index in [0.717, 1.165) is 28.8 Å². The number of hydrogen-bond acceptors (Lipinski definition) is 4. The maximum Gasteiger partial charge on any atom is 0.254 e. The van der Waals surface area contributed by atoms with Gasteiger partial charge in [0.05, 0.1) is 24.7 Å². The first-order valence-corrected chi connectivity index (χ1v) is 9.12. The van der Waals surface area contributed by atoms with Crippen LogP contribution in [0, 0.1) is 6.92 Å². The van der Waals surface area contributed by atoms with Gasteiger partial charge in [-0.3, -0.25) is 4.79 Å². The summed E-state index contributed by atoms with van der Waals surface area (Å²) in [5.74, 6) is 1.37. The number of likely N-dealkylation sites (tertiary alicyclic amines) is 1. The number of aromatic nitrogens is 2. The molecule has 4 rings (SSSR count). The van der Waals surface area contributed by atoms with Gasteiger partial charge in [-0.2, -0.15) is 0 Å². The summed E-state index contributed by atoms with van der Waals surface area (Å²) < 4.78 is 5.42. The van der Waals surface area contributed by atoms with Crippen molar-refractivity contribution >= 4 is 16.9 Å². The van der Waals surface area contributed by atoms with E-state index in [0.29, 0.717) is 24.3 Å². The van der Waals surface area contributed by atoms with Crippen LogP contribution >= 0.6 is 0 Å². The Labute approximate surface area is 157 Å². The van der Waals surface area contributed by atoms with Crippen LogP contribution in [0.1, 0.15) is 34.6 Å². The van der Waals surface area contributed by atoms with Crippen LogP contribution in [-0.2, 0) is 5.60 Å². The fourth-order valence-corrected chi connectivity index (χ4v) is 3.91. The minimum absolute atomic E-state index is 0.0859. The van der Waals surface area contributed by atoms with Crippen LogP contribution in [-0.4, -0.2) is 46.1 Å². The number of benzene rings is 2. The zero-order valence-corrected chi connectivity index (χ0v) is 15.5. The first-order chi connectivity index (χ1) is 13.0. The molecule has 140 valence electrons. The molecule has 27 heavy (non-hydrogen) atoms. The monoisotopic (exact) mass is 365 g/mol. The molecule has 0 spiro atoms. The van der Waals surface area contributed by atoms with E-state index in [2.05, 4.69) is 9.97 Å². The van der Waals surface area contributed by atoms with Crippen LogP contribution in [0.5, 0.6) is 5.75 Å². The average Bonchev–Trinajstić information content (AvgIpc) is 3.06. The van der Waals surface area contributed by atoms with Crippen molar-refractivity contribution in [2.75, 3.05) is 20.2 Å². The number of β-amino-alcohol motifs (C(OH)–C–C–N with tert-alkyl or cyclic N) is 1. The molecule has 1 fully saturated rings. The Morgan fingerprint density at radius 1 is 1.30 bits per heavy atom. The molecule has 6 nitrogen and oxygen atoms in total. The zero-order chi connectivity index (χ0) is 19.0. The lowest BCUT2D eigenvalue weighted by molar-refractivity contribution is -0.0303. The lowest BCUT2D eigenvalue weighted by Gasteiger charge is -2.40. The molecule has 2 heterocycles. The third kappa shape index (κ3) is 3.17. The number of fused-ring (bicyclic) bond motifs is 1. The number of methoxy groups -OCH3 is 1. The van der Waals surface area contributed by atoms with Gasteiger partial charge in [0.1, 0.15) is 17.2 Å². The number of aliphatic hydroxyl groups is 1. The predicted octanol–water partition coefficient (Wildman–Crippen LogP) is 3.00. The van der Waals surface area contributed by atoms with Crippen molar-refractivity contribution in [2.24, 2.45) is 0 Å². The largest absolute Gasteiger partial charge is 0.496 e. The predicted molar refractivity (Wildman–Crippen MR) is 103 cm³/mol. The van der Waals surface area contributed by atoms with Gasteiger partial charge in [-0.05, 0) is 44.0 Å². The molecular weight excluding hydrogens is 342 g/mol. The number of aromatic amines is 1. The van der Waals surface area contributed by atoms with Crippen LogP contribution in [0.25, 0.3) is 11.0 Å². The molecule has 2 aromatic carbocycles. The van der Waals surface area contributed by atoms with Crippen LogP contribution in [0.2, 0.25) is 0 Å². The molecule has 2 N–H and O–H groups in total. The van der Waals surface area contributed by atoms with E-state index in [9.17, 15) is 9.90 Å². The molecule has 1 saturated heterocycles. The number of piperidine rings is 1. The third-order valence-electron chi connectivity index (χ3n) is 5.21. The number of nitrogens with one attached hydrogen (secondary N) is 1. The summed E-state index contributed by atoms with van der Waals surface area (Å²) in [5.41, 5.74) is 1.89. The quantitative estimate of drug-likeness (QED) is 0.748. The smallest absolute Gasteiger partial charge is 0.254 e. The van der Waals surface area contributed by atoms with Crippen molar-refractivity contribution in [2.45, 2.75) is 25.4 Å². The van der Waals surface area contributed by atoms with Crippen LogP contribution in [0.4, 0.5) is 0 Å². The van der Waals surface area contributed by atoms with Crippen molar-refractivity contribution in [3.63, 3.8) is 0 Å². The van der Waals surface area contributed by atoms with E-state index in [-0.39, 0.29) is 12.5 Å². The number of amides is 1. The van der Waals surface area contributed by atoms with E-state index >= 15 is 0 Å². The molecule has 1 aliphatic heterocycles. The highest BCUT2D eigenvalue weighted by molar-refractivity contribution is 5.97. The molecule has 1 atom stereocenters. The summed E-state index contributed by atoms with van der Waals surface area (Å²) in [6.45, 7) is 2.75. The van der Waals surface area contributed by atoms with Gasteiger partial charge in [0, 0.05) is 17.7 Å². The number of nitrogens with zero attached hydrogens (tertiary/aromatic N) is 2. The fourth-order valence-electron chi connectivity index (χ4n) is 3.91. The van der Waals surface area contributed by atoms with Crippen LogP contribution < -0.4 is 4.74 Å². The van der Waals surface area contributed by atoms with Crippen molar-refractivity contribution < 1.29 is 14.6 Å². The molecule has 1 unspecified atom stereocenters. The van der Waals surface area contributed by atoms with Crippen molar-refractivity contribution in [3.8, 4) is 5.75 Å². The maximum absolute atomic E-state index is 13.1.